The van der Waals surface area contributed by atoms with Crippen LogP contribution in [0.15, 0.2) is 6.07 Å². The molecule has 0 amide bonds. The summed E-state index contributed by atoms with van der Waals surface area (Å²) in [6.45, 7) is 0. The predicted octanol–water partition coefficient (Wildman–Crippen LogP) is 2.10. The van der Waals surface area contributed by atoms with Crippen LogP contribution in [0.2, 0.25) is 0 Å². The van der Waals surface area contributed by atoms with E-state index < -0.39 is 11.6 Å². The number of hydrogen-bond donors (Lipinski definition) is 0. The van der Waals surface area contributed by atoms with E-state index >= 15 is 0 Å². The third kappa shape index (κ3) is 1.10. The minimum absolute atomic E-state index is 0.126. The highest BCUT2D eigenvalue weighted by molar-refractivity contribution is 6.03. The molecule has 0 spiro atoms. The fourth-order valence-corrected chi connectivity index (χ4v) is 1.72. The van der Waals surface area contributed by atoms with Crippen LogP contribution in [0.1, 0.15) is 22.3 Å². The number of Topliss-reactive ketones (excluding diaryl/α,β-unsaturated/α-hetero) is 1. The highest BCUT2D eigenvalue weighted by atomic mass is 19.2. The number of ketones is 1. The van der Waals surface area contributed by atoms with Gasteiger partial charge in [0.1, 0.15) is 5.75 Å². The first-order valence-corrected chi connectivity index (χ1v) is 4.23. The smallest absolute Gasteiger partial charge is 0.167 e. The average Bonchev–Trinajstić information content (AvgIpc) is 2.55. The van der Waals surface area contributed by atoms with Crippen LogP contribution in [0, 0.1) is 11.6 Å². The van der Waals surface area contributed by atoms with Gasteiger partial charge in [-0.1, -0.05) is 0 Å². The summed E-state index contributed by atoms with van der Waals surface area (Å²) < 4.78 is 31.0. The largest absolute Gasteiger partial charge is 0.496 e. The van der Waals surface area contributed by atoms with E-state index in [4.69, 9.17) is 4.74 Å². The number of halogens is 2. The maximum atomic E-state index is 13.2. The topological polar surface area (TPSA) is 26.3 Å². The first-order valence-electron chi connectivity index (χ1n) is 4.23. The highest BCUT2D eigenvalue weighted by Crippen LogP contribution is 2.33. The van der Waals surface area contributed by atoms with Crippen LogP contribution in [-0.4, -0.2) is 12.9 Å². The van der Waals surface area contributed by atoms with E-state index in [-0.39, 0.29) is 35.5 Å². The van der Waals surface area contributed by atoms with Crippen LogP contribution in [0.5, 0.6) is 5.75 Å². The van der Waals surface area contributed by atoms with E-state index in [0.29, 0.717) is 0 Å². The Labute approximate surface area is 79.5 Å². The lowest BCUT2D eigenvalue weighted by molar-refractivity contribution is 0.0992. The molecule has 0 unspecified atom stereocenters. The maximum absolute atomic E-state index is 13.2. The molecule has 1 aliphatic carbocycles. The third-order valence-corrected chi connectivity index (χ3v) is 2.38. The molecule has 0 aliphatic heterocycles. The first-order chi connectivity index (χ1) is 6.65. The van der Waals surface area contributed by atoms with Crippen molar-refractivity contribution in [2.24, 2.45) is 0 Å². The molecule has 14 heavy (non-hydrogen) atoms. The van der Waals surface area contributed by atoms with Crippen molar-refractivity contribution < 1.29 is 18.3 Å². The lowest BCUT2D eigenvalue weighted by atomic mass is 10.1. The molecule has 2 rings (SSSR count). The van der Waals surface area contributed by atoms with Gasteiger partial charge in [0, 0.05) is 18.1 Å². The molecule has 0 aromatic heterocycles. The van der Waals surface area contributed by atoms with E-state index in [1.54, 1.807) is 0 Å². The number of rotatable bonds is 1. The molecule has 0 saturated carbocycles. The molecule has 74 valence electrons. The average molecular weight is 198 g/mol. The number of hydrogen-bond acceptors (Lipinski definition) is 2. The van der Waals surface area contributed by atoms with Gasteiger partial charge in [0.2, 0.25) is 0 Å². The van der Waals surface area contributed by atoms with E-state index in [0.717, 1.165) is 6.07 Å². The second kappa shape index (κ2) is 3.04. The zero-order chi connectivity index (χ0) is 10.3. The van der Waals surface area contributed by atoms with Crippen LogP contribution >= 0.6 is 0 Å². The van der Waals surface area contributed by atoms with Gasteiger partial charge in [0.25, 0.3) is 0 Å². The van der Waals surface area contributed by atoms with Crippen molar-refractivity contribution in [1.29, 1.82) is 0 Å². The number of carbonyl (C=O) groups is 1. The van der Waals surface area contributed by atoms with Gasteiger partial charge >= 0.3 is 0 Å². The summed E-state index contributed by atoms with van der Waals surface area (Å²) in [6.07, 6.45) is 0.486. The summed E-state index contributed by atoms with van der Waals surface area (Å²) in [5.74, 6) is -1.95. The number of fused-ring (bicyclic) bond motifs is 1. The van der Waals surface area contributed by atoms with Crippen molar-refractivity contribution in [1.82, 2.24) is 0 Å². The molecular weight excluding hydrogens is 190 g/mol. The van der Waals surface area contributed by atoms with Crippen molar-refractivity contribution in [2.75, 3.05) is 7.11 Å². The Morgan fingerprint density at radius 3 is 2.71 bits per heavy atom. The van der Waals surface area contributed by atoms with Crippen molar-refractivity contribution in [2.45, 2.75) is 12.8 Å². The highest BCUT2D eigenvalue weighted by Gasteiger charge is 2.29. The number of carbonyl (C=O) groups excluding carboxylic acids is 1. The van der Waals surface area contributed by atoms with Crippen molar-refractivity contribution >= 4 is 5.78 Å². The number of ether oxygens (including phenoxy) is 1. The quantitative estimate of drug-likeness (QED) is 0.690. The molecule has 1 aromatic carbocycles. The molecule has 4 heteroatoms. The monoisotopic (exact) mass is 198 g/mol. The van der Waals surface area contributed by atoms with Crippen LogP contribution in [0.3, 0.4) is 0 Å². The SMILES string of the molecule is COc1cc(F)c(F)c2c1C(=O)CC2. The molecule has 2 nitrogen and oxygen atoms in total. The molecule has 0 atom stereocenters. The molecule has 0 N–H and O–H groups in total. The minimum Gasteiger partial charge on any atom is -0.496 e. The van der Waals surface area contributed by atoms with Gasteiger partial charge in [-0.2, -0.15) is 0 Å². The Hall–Kier alpha value is -1.45. The minimum atomic E-state index is -0.963. The first kappa shape index (κ1) is 9.12. The summed E-state index contributed by atoms with van der Waals surface area (Å²) in [6, 6.07) is 0.914. The molecule has 0 radical (unpaired) electrons. The lowest BCUT2D eigenvalue weighted by Crippen LogP contribution is -2.01. The third-order valence-electron chi connectivity index (χ3n) is 2.38. The van der Waals surface area contributed by atoms with Gasteiger partial charge in [-0.3, -0.25) is 4.79 Å². The van der Waals surface area contributed by atoms with Crippen LogP contribution in [0.25, 0.3) is 0 Å². The molecule has 0 saturated heterocycles. The van der Waals surface area contributed by atoms with Gasteiger partial charge in [-0.25, -0.2) is 8.78 Å². The Morgan fingerprint density at radius 2 is 2.07 bits per heavy atom. The zero-order valence-electron chi connectivity index (χ0n) is 7.56. The van der Waals surface area contributed by atoms with Gasteiger partial charge in [-0.15, -0.1) is 0 Å². The van der Waals surface area contributed by atoms with Crippen LogP contribution < -0.4 is 4.74 Å². The zero-order valence-corrected chi connectivity index (χ0v) is 7.56. The second-order valence-electron chi connectivity index (χ2n) is 3.15. The number of benzene rings is 1. The van der Waals surface area contributed by atoms with Gasteiger partial charge in [0.15, 0.2) is 17.4 Å². The fourth-order valence-electron chi connectivity index (χ4n) is 1.72. The van der Waals surface area contributed by atoms with E-state index in [2.05, 4.69) is 0 Å². The maximum Gasteiger partial charge on any atom is 0.167 e. The van der Waals surface area contributed by atoms with Crippen molar-refractivity contribution in [3.63, 3.8) is 0 Å². The Balaban J connectivity index is 2.72. The predicted molar refractivity (Wildman–Crippen MR) is 45.6 cm³/mol. The van der Waals surface area contributed by atoms with Gasteiger partial charge < -0.3 is 4.74 Å². The van der Waals surface area contributed by atoms with E-state index in [9.17, 15) is 13.6 Å². The van der Waals surface area contributed by atoms with Crippen molar-refractivity contribution in [3.8, 4) is 5.75 Å². The summed E-state index contributed by atoms with van der Waals surface area (Å²) in [5, 5.41) is 0. The fraction of sp³-hybridized carbons (Fsp3) is 0.300. The lowest BCUT2D eigenvalue weighted by Gasteiger charge is -2.07. The Bertz CT molecular complexity index is 413. The number of methoxy groups -OCH3 is 1. The van der Waals surface area contributed by atoms with E-state index in [1.165, 1.54) is 7.11 Å². The van der Waals surface area contributed by atoms with Crippen molar-refractivity contribution in [3.05, 3.63) is 28.8 Å². The Morgan fingerprint density at radius 1 is 1.36 bits per heavy atom. The summed E-state index contributed by atoms with van der Waals surface area (Å²) in [7, 11) is 1.33. The normalized spacial score (nSPS) is 14.4. The summed E-state index contributed by atoms with van der Waals surface area (Å²) in [5.41, 5.74) is 0.346. The molecule has 0 bridgehead atoms. The van der Waals surface area contributed by atoms with E-state index in [1.807, 2.05) is 0 Å². The van der Waals surface area contributed by atoms with Crippen LogP contribution in [-0.2, 0) is 6.42 Å². The second-order valence-corrected chi connectivity index (χ2v) is 3.15. The van der Waals surface area contributed by atoms with Gasteiger partial charge in [0.05, 0.1) is 12.7 Å². The summed E-state index contributed by atoms with van der Waals surface area (Å²) in [4.78, 5) is 11.3. The molecule has 1 aromatic rings. The molecular formula is C10H8F2O2. The standard InChI is InChI=1S/C10H8F2O2/c1-14-8-4-6(11)10(12)5-2-3-7(13)9(5)8/h4H,2-3H2,1H3. The Kier molecular flexibility index (Phi) is 1.98. The van der Waals surface area contributed by atoms with Crippen LogP contribution in [0.4, 0.5) is 8.78 Å². The summed E-state index contributed by atoms with van der Waals surface area (Å²) >= 11 is 0. The van der Waals surface area contributed by atoms with Gasteiger partial charge in [-0.05, 0) is 6.42 Å². The molecule has 0 heterocycles. The molecule has 0 fully saturated rings. The molecule has 1 aliphatic rings.